The largest absolute Gasteiger partial charge is 0.370 e. The van der Waals surface area contributed by atoms with Crippen LogP contribution in [0.5, 0.6) is 0 Å². The van der Waals surface area contributed by atoms with E-state index in [0.29, 0.717) is 5.41 Å². The zero-order valence-corrected chi connectivity index (χ0v) is 11.2. The predicted octanol–water partition coefficient (Wildman–Crippen LogP) is 3.86. The van der Waals surface area contributed by atoms with Crippen molar-refractivity contribution in [2.75, 3.05) is 18.0 Å². The fraction of sp³-hybridized carbons (Fsp3) is 0.562. The van der Waals surface area contributed by atoms with Crippen LogP contribution in [0.3, 0.4) is 0 Å². The third-order valence-electron chi connectivity index (χ3n) is 4.93. The molecule has 2 nitrogen and oxygen atoms in total. The molecule has 0 bridgehead atoms. The maximum absolute atomic E-state index is 13.7. The monoisotopic (exact) mass is 258 g/mol. The van der Waals surface area contributed by atoms with E-state index in [2.05, 4.69) is 4.90 Å². The van der Waals surface area contributed by atoms with Crippen LogP contribution in [-0.2, 0) is 0 Å². The number of piperidine rings is 1. The summed E-state index contributed by atoms with van der Waals surface area (Å²) in [6, 6.07) is 6.94. The Morgan fingerprint density at radius 1 is 1.11 bits per heavy atom. The van der Waals surface area contributed by atoms with Crippen LogP contribution in [0.1, 0.15) is 44.1 Å². The van der Waals surface area contributed by atoms with Gasteiger partial charge in [-0.2, -0.15) is 5.26 Å². The second-order valence-electron chi connectivity index (χ2n) is 5.94. The summed E-state index contributed by atoms with van der Waals surface area (Å²) in [4.78, 5) is 2.19. The highest BCUT2D eigenvalue weighted by Crippen LogP contribution is 2.46. The molecule has 2 aliphatic rings. The number of halogens is 1. The summed E-state index contributed by atoms with van der Waals surface area (Å²) in [5, 5.41) is 9.12. The third-order valence-corrected chi connectivity index (χ3v) is 4.93. The number of anilines is 1. The molecule has 1 heterocycles. The molecule has 1 aromatic rings. The third kappa shape index (κ3) is 2.20. The van der Waals surface area contributed by atoms with Gasteiger partial charge >= 0.3 is 0 Å². The van der Waals surface area contributed by atoms with Crippen molar-refractivity contribution >= 4 is 5.69 Å². The van der Waals surface area contributed by atoms with Crippen molar-refractivity contribution in [3.05, 3.63) is 29.6 Å². The molecule has 0 aromatic heterocycles. The van der Waals surface area contributed by atoms with Gasteiger partial charge in [0.15, 0.2) is 0 Å². The van der Waals surface area contributed by atoms with E-state index in [9.17, 15) is 4.39 Å². The first kappa shape index (κ1) is 12.5. The quantitative estimate of drug-likeness (QED) is 0.765. The van der Waals surface area contributed by atoms with Gasteiger partial charge < -0.3 is 4.90 Å². The van der Waals surface area contributed by atoms with Crippen molar-refractivity contribution in [3.63, 3.8) is 0 Å². The first-order valence-electron chi connectivity index (χ1n) is 7.18. The second-order valence-corrected chi connectivity index (χ2v) is 5.94. The Morgan fingerprint density at radius 2 is 1.79 bits per heavy atom. The van der Waals surface area contributed by atoms with Crippen LogP contribution >= 0.6 is 0 Å². The number of rotatable bonds is 1. The molecule has 1 aliphatic heterocycles. The molecular weight excluding hydrogens is 239 g/mol. The molecular formula is C16H19FN2. The molecule has 19 heavy (non-hydrogen) atoms. The summed E-state index contributed by atoms with van der Waals surface area (Å²) < 4.78 is 13.7. The van der Waals surface area contributed by atoms with E-state index in [-0.39, 0.29) is 5.56 Å². The minimum absolute atomic E-state index is 0.199. The molecule has 0 unspecified atom stereocenters. The van der Waals surface area contributed by atoms with Crippen LogP contribution in [0.2, 0.25) is 0 Å². The van der Waals surface area contributed by atoms with Crippen LogP contribution in [0.25, 0.3) is 0 Å². The molecule has 0 radical (unpaired) electrons. The molecule has 1 saturated heterocycles. The maximum Gasteiger partial charge on any atom is 0.143 e. The Hall–Kier alpha value is -1.56. The highest BCUT2D eigenvalue weighted by atomic mass is 19.1. The van der Waals surface area contributed by atoms with Crippen molar-refractivity contribution in [2.24, 2.45) is 5.41 Å². The van der Waals surface area contributed by atoms with Gasteiger partial charge in [0, 0.05) is 13.1 Å². The smallest absolute Gasteiger partial charge is 0.143 e. The second kappa shape index (κ2) is 4.85. The van der Waals surface area contributed by atoms with E-state index in [1.807, 2.05) is 12.1 Å². The standard InChI is InChI=1S/C16H19FN2/c17-14-4-3-5-15(13(14)12-18)19-10-8-16(9-11-19)6-1-2-7-16/h3-5H,1-2,6-11H2. The Bertz CT molecular complexity index is 502. The summed E-state index contributed by atoms with van der Waals surface area (Å²) in [6.07, 6.45) is 7.82. The van der Waals surface area contributed by atoms with Crippen LogP contribution in [0.4, 0.5) is 10.1 Å². The van der Waals surface area contributed by atoms with Gasteiger partial charge in [-0.3, -0.25) is 0 Å². The van der Waals surface area contributed by atoms with Crippen molar-refractivity contribution in [1.82, 2.24) is 0 Å². The molecule has 1 aromatic carbocycles. The predicted molar refractivity (Wildman–Crippen MR) is 73.5 cm³/mol. The fourth-order valence-corrected chi connectivity index (χ4v) is 3.73. The number of benzene rings is 1. The Balaban J connectivity index is 1.79. The highest BCUT2D eigenvalue weighted by Gasteiger charge is 2.37. The van der Waals surface area contributed by atoms with Crippen LogP contribution in [0.15, 0.2) is 18.2 Å². The zero-order chi connectivity index (χ0) is 13.3. The van der Waals surface area contributed by atoms with Crippen LogP contribution in [0, 0.1) is 22.6 Å². The Morgan fingerprint density at radius 3 is 2.42 bits per heavy atom. The number of hydrogen-bond acceptors (Lipinski definition) is 2. The molecule has 0 amide bonds. The molecule has 3 rings (SSSR count). The lowest BCUT2D eigenvalue weighted by molar-refractivity contribution is 0.226. The lowest BCUT2D eigenvalue weighted by atomic mass is 9.77. The lowest BCUT2D eigenvalue weighted by Gasteiger charge is -2.40. The topological polar surface area (TPSA) is 27.0 Å². The maximum atomic E-state index is 13.7. The van der Waals surface area contributed by atoms with Gasteiger partial charge in [0.1, 0.15) is 17.4 Å². The van der Waals surface area contributed by atoms with Gasteiger partial charge in [0.25, 0.3) is 0 Å². The summed E-state index contributed by atoms with van der Waals surface area (Å²) in [5.74, 6) is -0.402. The first-order valence-corrected chi connectivity index (χ1v) is 7.18. The molecule has 0 atom stereocenters. The average molecular weight is 258 g/mol. The van der Waals surface area contributed by atoms with Crippen LogP contribution in [-0.4, -0.2) is 13.1 Å². The molecule has 1 aliphatic carbocycles. The minimum atomic E-state index is -0.402. The summed E-state index contributed by atoms with van der Waals surface area (Å²) in [7, 11) is 0. The van der Waals surface area contributed by atoms with Gasteiger partial charge in [0.2, 0.25) is 0 Å². The number of nitrogens with zero attached hydrogens (tertiary/aromatic N) is 2. The van der Waals surface area contributed by atoms with E-state index in [4.69, 9.17) is 5.26 Å². The number of hydrogen-bond donors (Lipinski definition) is 0. The van der Waals surface area contributed by atoms with Crippen molar-refractivity contribution < 1.29 is 4.39 Å². The summed E-state index contributed by atoms with van der Waals surface area (Å²) in [5.41, 5.74) is 1.52. The first-order chi connectivity index (χ1) is 9.24. The van der Waals surface area contributed by atoms with Gasteiger partial charge in [-0.05, 0) is 43.2 Å². The average Bonchev–Trinajstić information content (AvgIpc) is 2.88. The van der Waals surface area contributed by atoms with Gasteiger partial charge in [-0.1, -0.05) is 18.9 Å². The fourth-order valence-electron chi connectivity index (χ4n) is 3.73. The molecule has 100 valence electrons. The normalized spacial score (nSPS) is 21.6. The van der Waals surface area contributed by atoms with Crippen molar-refractivity contribution in [2.45, 2.75) is 38.5 Å². The van der Waals surface area contributed by atoms with Crippen molar-refractivity contribution in [3.8, 4) is 6.07 Å². The molecule has 0 N–H and O–H groups in total. The summed E-state index contributed by atoms with van der Waals surface area (Å²) >= 11 is 0. The summed E-state index contributed by atoms with van der Waals surface area (Å²) in [6.45, 7) is 1.91. The van der Waals surface area contributed by atoms with E-state index in [0.717, 1.165) is 18.8 Å². The Kier molecular flexibility index (Phi) is 3.18. The van der Waals surface area contributed by atoms with E-state index < -0.39 is 5.82 Å². The lowest BCUT2D eigenvalue weighted by Crippen LogP contribution is -2.39. The van der Waals surface area contributed by atoms with E-state index in [1.54, 1.807) is 6.07 Å². The zero-order valence-electron chi connectivity index (χ0n) is 11.2. The van der Waals surface area contributed by atoms with Gasteiger partial charge in [-0.25, -0.2) is 4.39 Å². The van der Waals surface area contributed by atoms with Gasteiger partial charge in [-0.15, -0.1) is 0 Å². The SMILES string of the molecule is N#Cc1c(F)cccc1N1CCC2(CCCC2)CC1. The molecule has 2 fully saturated rings. The molecule has 3 heteroatoms. The van der Waals surface area contributed by atoms with Crippen molar-refractivity contribution in [1.29, 1.82) is 5.26 Å². The van der Waals surface area contributed by atoms with Crippen LogP contribution < -0.4 is 4.90 Å². The minimum Gasteiger partial charge on any atom is -0.370 e. The van der Waals surface area contributed by atoms with E-state index >= 15 is 0 Å². The van der Waals surface area contributed by atoms with Gasteiger partial charge in [0.05, 0.1) is 5.69 Å². The highest BCUT2D eigenvalue weighted by molar-refractivity contribution is 5.60. The Labute approximate surface area is 113 Å². The van der Waals surface area contributed by atoms with E-state index in [1.165, 1.54) is 44.6 Å². The number of nitriles is 1. The molecule has 1 spiro atoms. The molecule has 1 saturated carbocycles.